The Morgan fingerprint density at radius 3 is 2.59 bits per heavy atom. The van der Waals surface area contributed by atoms with Gasteiger partial charge in [-0.05, 0) is 57.7 Å². The highest BCUT2D eigenvalue weighted by atomic mass is 16.5. The normalized spacial score (nSPS) is 17.7. The molecular formula is C26H33N5O3. The molecule has 4 heterocycles. The van der Waals surface area contributed by atoms with E-state index in [9.17, 15) is 5.11 Å². The van der Waals surface area contributed by atoms with Crippen LogP contribution >= 0.6 is 0 Å². The zero-order valence-corrected chi connectivity index (χ0v) is 19.9. The van der Waals surface area contributed by atoms with Crippen LogP contribution in [0.1, 0.15) is 75.7 Å². The molecule has 0 radical (unpaired) electrons. The fraction of sp³-hybridized carbons (Fsp3) is 0.500. The molecule has 1 aliphatic carbocycles. The van der Waals surface area contributed by atoms with Crippen molar-refractivity contribution in [3.63, 3.8) is 0 Å². The van der Waals surface area contributed by atoms with Gasteiger partial charge in [0.2, 0.25) is 0 Å². The van der Waals surface area contributed by atoms with Crippen molar-refractivity contribution in [1.29, 1.82) is 0 Å². The van der Waals surface area contributed by atoms with E-state index in [1.165, 1.54) is 25.7 Å². The maximum Gasteiger partial charge on any atom is 0.168 e. The molecular weight excluding hydrogens is 430 g/mol. The molecule has 0 bridgehead atoms. The fourth-order valence-electron chi connectivity index (χ4n) is 4.74. The molecule has 0 atom stereocenters. The first-order valence-electron chi connectivity index (χ1n) is 12.2. The zero-order valence-electron chi connectivity index (χ0n) is 19.9. The number of nitrogens with one attached hydrogen (secondary N) is 1. The van der Waals surface area contributed by atoms with Gasteiger partial charge in [0, 0.05) is 43.3 Å². The maximum atomic E-state index is 10.3. The van der Waals surface area contributed by atoms with E-state index in [-0.39, 0.29) is 0 Å². The average Bonchev–Trinajstić information content (AvgIpc) is 3.50. The molecule has 180 valence electrons. The van der Waals surface area contributed by atoms with Crippen LogP contribution in [0.3, 0.4) is 0 Å². The van der Waals surface area contributed by atoms with Gasteiger partial charge in [0.15, 0.2) is 5.75 Å². The van der Waals surface area contributed by atoms with Gasteiger partial charge >= 0.3 is 0 Å². The topological polar surface area (TPSA) is 94.3 Å². The molecule has 1 aliphatic heterocycles. The lowest BCUT2D eigenvalue weighted by atomic mass is 9.96. The highest BCUT2D eigenvalue weighted by Gasteiger charge is 2.27. The Kier molecular flexibility index (Phi) is 6.52. The van der Waals surface area contributed by atoms with Gasteiger partial charge < -0.3 is 19.9 Å². The minimum absolute atomic E-state index is 0.350. The molecule has 1 saturated heterocycles. The maximum absolute atomic E-state index is 10.3. The number of anilines is 2. The van der Waals surface area contributed by atoms with E-state index in [0.29, 0.717) is 29.2 Å². The number of ether oxygens (including phenoxy) is 2. The van der Waals surface area contributed by atoms with Gasteiger partial charge in [-0.25, -0.2) is 4.98 Å². The first kappa shape index (κ1) is 22.8. The summed E-state index contributed by atoms with van der Waals surface area (Å²) in [6.07, 6.45) is 12.3. The summed E-state index contributed by atoms with van der Waals surface area (Å²) in [6.45, 7) is 4.96. The van der Waals surface area contributed by atoms with Gasteiger partial charge in [0.1, 0.15) is 22.9 Å². The van der Waals surface area contributed by atoms with Crippen molar-refractivity contribution in [1.82, 2.24) is 19.7 Å². The van der Waals surface area contributed by atoms with E-state index in [4.69, 9.17) is 14.6 Å². The van der Waals surface area contributed by atoms with Gasteiger partial charge in [-0.2, -0.15) is 5.10 Å². The largest absolute Gasteiger partial charge is 0.454 e. The van der Waals surface area contributed by atoms with Crippen molar-refractivity contribution in [2.45, 2.75) is 69.9 Å². The molecule has 0 spiro atoms. The third-order valence-corrected chi connectivity index (χ3v) is 6.65. The summed E-state index contributed by atoms with van der Waals surface area (Å²) in [6, 6.07) is 7.87. The number of nitrogens with zero attached hydrogens (tertiary/aromatic N) is 4. The fourth-order valence-corrected chi connectivity index (χ4v) is 4.74. The van der Waals surface area contributed by atoms with Crippen molar-refractivity contribution in [2.75, 3.05) is 18.5 Å². The average molecular weight is 464 g/mol. The van der Waals surface area contributed by atoms with Crippen molar-refractivity contribution >= 4 is 11.5 Å². The minimum atomic E-state index is -1.02. The van der Waals surface area contributed by atoms with Crippen molar-refractivity contribution < 1.29 is 14.6 Å². The number of pyridine rings is 2. The molecule has 8 heteroatoms. The third kappa shape index (κ3) is 5.23. The Bertz CT molecular complexity index is 1110. The number of aromatic nitrogens is 4. The molecule has 2 N–H and O–H groups in total. The van der Waals surface area contributed by atoms with E-state index in [2.05, 4.69) is 26.2 Å². The summed E-state index contributed by atoms with van der Waals surface area (Å²) in [5.74, 6) is 2.53. The summed E-state index contributed by atoms with van der Waals surface area (Å²) in [4.78, 5) is 8.70. The van der Waals surface area contributed by atoms with Crippen LogP contribution in [0, 0.1) is 0 Å². The lowest BCUT2D eigenvalue weighted by Crippen LogP contribution is -2.17. The molecule has 3 aromatic rings. The lowest BCUT2D eigenvalue weighted by Gasteiger charge is -2.21. The van der Waals surface area contributed by atoms with Gasteiger partial charge in [0.05, 0.1) is 17.9 Å². The first-order chi connectivity index (χ1) is 16.5. The summed E-state index contributed by atoms with van der Waals surface area (Å²) in [5, 5.41) is 18.6. The van der Waals surface area contributed by atoms with Crippen molar-refractivity contribution in [3.8, 4) is 11.5 Å². The molecule has 2 aliphatic rings. The van der Waals surface area contributed by atoms with Gasteiger partial charge in [-0.15, -0.1) is 0 Å². The van der Waals surface area contributed by atoms with Crippen LogP contribution in [-0.4, -0.2) is 38.1 Å². The number of hydrogen-bond donors (Lipinski definition) is 2. The van der Waals surface area contributed by atoms with Gasteiger partial charge in [-0.3, -0.25) is 9.67 Å². The van der Waals surface area contributed by atoms with E-state index in [1.807, 2.05) is 24.3 Å². The van der Waals surface area contributed by atoms with E-state index in [0.717, 1.165) is 43.2 Å². The standard InChI is InChI=1S/C26H33N5O3/c1-26(2,32)23-15-19(7-11-27-23)29-24-16-21(8-12-28-24)34-22-17-31(20-5-3-4-6-20)30-25(22)18-9-13-33-14-10-18/h7-8,11-12,15-18,20,32H,3-6,9-10,13-14H2,1-2H3,(H,27,28,29). The van der Waals surface area contributed by atoms with Crippen LogP contribution in [0.15, 0.2) is 42.9 Å². The molecule has 8 nitrogen and oxygen atoms in total. The number of hydrogen-bond acceptors (Lipinski definition) is 7. The van der Waals surface area contributed by atoms with E-state index >= 15 is 0 Å². The summed E-state index contributed by atoms with van der Waals surface area (Å²) >= 11 is 0. The van der Waals surface area contributed by atoms with Gasteiger partial charge in [0.25, 0.3) is 0 Å². The van der Waals surface area contributed by atoms with E-state index < -0.39 is 5.60 Å². The van der Waals surface area contributed by atoms with Crippen molar-refractivity contribution in [2.24, 2.45) is 0 Å². The Balaban J connectivity index is 1.37. The van der Waals surface area contributed by atoms with Crippen LogP contribution in [0.4, 0.5) is 11.5 Å². The van der Waals surface area contributed by atoms with Crippen LogP contribution in [0.25, 0.3) is 0 Å². The Labute approximate surface area is 200 Å². The summed E-state index contributed by atoms with van der Waals surface area (Å²) < 4.78 is 14.1. The molecule has 0 amide bonds. The van der Waals surface area contributed by atoms with Crippen LogP contribution in [0.2, 0.25) is 0 Å². The minimum Gasteiger partial charge on any atom is -0.454 e. The van der Waals surface area contributed by atoms with Crippen LogP contribution < -0.4 is 10.1 Å². The number of rotatable bonds is 7. The molecule has 34 heavy (non-hydrogen) atoms. The zero-order chi connectivity index (χ0) is 23.5. The number of aliphatic hydroxyl groups is 1. The monoisotopic (exact) mass is 463 g/mol. The van der Waals surface area contributed by atoms with E-state index in [1.54, 1.807) is 26.2 Å². The molecule has 0 aromatic carbocycles. The highest BCUT2D eigenvalue weighted by Crippen LogP contribution is 2.38. The molecule has 2 fully saturated rings. The quantitative estimate of drug-likeness (QED) is 0.481. The van der Waals surface area contributed by atoms with Crippen molar-refractivity contribution in [3.05, 3.63) is 54.2 Å². The second-order valence-electron chi connectivity index (χ2n) is 9.78. The van der Waals surface area contributed by atoms with Gasteiger partial charge in [-0.1, -0.05) is 12.8 Å². The molecule has 0 unspecified atom stereocenters. The lowest BCUT2D eigenvalue weighted by molar-refractivity contribution is 0.0739. The summed E-state index contributed by atoms with van der Waals surface area (Å²) in [5.41, 5.74) is 1.40. The first-order valence-corrected chi connectivity index (χ1v) is 12.2. The Morgan fingerprint density at radius 1 is 1.06 bits per heavy atom. The van der Waals surface area contributed by atoms with Crippen LogP contribution in [-0.2, 0) is 10.3 Å². The smallest absolute Gasteiger partial charge is 0.168 e. The molecule has 5 rings (SSSR count). The molecule has 3 aromatic heterocycles. The Hall–Kier alpha value is -2.97. The second kappa shape index (κ2) is 9.72. The predicted molar refractivity (Wildman–Crippen MR) is 130 cm³/mol. The SMILES string of the molecule is CC(C)(O)c1cc(Nc2cc(Oc3cn(C4CCCC4)nc3C3CCOCC3)ccn2)ccn1. The molecule has 1 saturated carbocycles. The van der Waals surface area contributed by atoms with Crippen LogP contribution in [0.5, 0.6) is 11.5 Å². The second-order valence-corrected chi connectivity index (χ2v) is 9.78. The highest BCUT2D eigenvalue weighted by molar-refractivity contribution is 5.58. The Morgan fingerprint density at radius 2 is 1.82 bits per heavy atom. The third-order valence-electron chi connectivity index (χ3n) is 6.65. The predicted octanol–water partition coefficient (Wildman–Crippen LogP) is 5.45. The summed E-state index contributed by atoms with van der Waals surface area (Å²) in [7, 11) is 0.